The molecule has 1 rings (SSSR count). The second kappa shape index (κ2) is 6.60. The van der Waals surface area contributed by atoms with E-state index in [1.165, 1.54) is 17.0 Å². The maximum absolute atomic E-state index is 13.6. The standard InChI is InChI=1S/C13H16FN3O/c1-3-16-12-10(6-4-7-11(12)14)13(18)17(2)9-5-8-15/h4,6-7,16H,3,5,9H2,1-2H3. The largest absolute Gasteiger partial charge is 0.382 e. The summed E-state index contributed by atoms with van der Waals surface area (Å²) in [7, 11) is 1.60. The van der Waals surface area contributed by atoms with Crippen LogP contribution in [0.15, 0.2) is 18.2 Å². The van der Waals surface area contributed by atoms with Gasteiger partial charge in [0.2, 0.25) is 0 Å². The van der Waals surface area contributed by atoms with Gasteiger partial charge in [-0.1, -0.05) is 6.07 Å². The van der Waals surface area contributed by atoms with Crippen LogP contribution >= 0.6 is 0 Å². The van der Waals surface area contributed by atoms with E-state index < -0.39 is 5.82 Å². The van der Waals surface area contributed by atoms with Crippen LogP contribution < -0.4 is 5.32 Å². The molecule has 0 fully saturated rings. The highest BCUT2D eigenvalue weighted by Gasteiger charge is 2.17. The lowest BCUT2D eigenvalue weighted by molar-refractivity contribution is 0.0798. The van der Waals surface area contributed by atoms with Gasteiger partial charge in [-0.3, -0.25) is 4.79 Å². The third-order valence-corrected chi connectivity index (χ3v) is 2.50. The molecule has 0 aliphatic heterocycles. The topological polar surface area (TPSA) is 56.1 Å². The van der Waals surface area contributed by atoms with Crippen molar-refractivity contribution in [2.24, 2.45) is 0 Å². The monoisotopic (exact) mass is 249 g/mol. The van der Waals surface area contributed by atoms with E-state index >= 15 is 0 Å². The average Bonchev–Trinajstić information content (AvgIpc) is 2.37. The maximum Gasteiger partial charge on any atom is 0.255 e. The number of rotatable bonds is 5. The molecule has 0 radical (unpaired) electrons. The van der Waals surface area contributed by atoms with Crippen LogP contribution in [0, 0.1) is 17.1 Å². The van der Waals surface area contributed by atoms with E-state index in [-0.39, 0.29) is 23.6 Å². The van der Waals surface area contributed by atoms with Gasteiger partial charge < -0.3 is 10.2 Å². The molecule has 0 spiro atoms. The zero-order valence-electron chi connectivity index (χ0n) is 10.5. The lowest BCUT2D eigenvalue weighted by atomic mass is 10.1. The minimum atomic E-state index is -0.448. The van der Waals surface area contributed by atoms with Crippen LogP contribution in [-0.4, -0.2) is 30.9 Å². The Hall–Kier alpha value is -2.09. The molecule has 0 unspecified atom stereocenters. The number of nitrogens with one attached hydrogen (secondary N) is 1. The zero-order chi connectivity index (χ0) is 13.5. The first-order valence-corrected chi connectivity index (χ1v) is 5.76. The number of hydrogen-bond donors (Lipinski definition) is 1. The minimum Gasteiger partial charge on any atom is -0.382 e. The fraction of sp³-hybridized carbons (Fsp3) is 0.385. The number of halogens is 1. The first-order valence-electron chi connectivity index (χ1n) is 5.76. The Balaban J connectivity index is 2.98. The Labute approximate surface area is 106 Å². The summed E-state index contributed by atoms with van der Waals surface area (Å²) in [6.45, 7) is 2.70. The maximum atomic E-state index is 13.6. The van der Waals surface area contributed by atoms with Crippen LogP contribution in [0.2, 0.25) is 0 Å². The lowest BCUT2D eigenvalue weighted by Gasteiger charge is -2.18. The number of carbonyl (C=O) groups is 1. The Kier molecular flexibility index (Phi) is 5.12. The summed E-state index contributed by atoms with van der Waals surface area (Å²) in [4.78, 5) is 13.5. The summed E-state index contributed by atoms with van der Waals surface area (Å²) >= 11 is 0. The number of hydrogen-bond acceptors (Lipinski definition) is 3. The first-order chi connectivity index (χ1) is 8.61. The van der Waals surface area contributed by atoms with Gasteiger partial charge in [0, 0.05) is 20.1 Å². The summed E-state index contributed by atoms with van der Waals surface area (Å²) < 4.78 is 13.6. The van der Waals surface area contributed by atoms with E-state index in [9.17, 15) is 9.18 Å². The number of carbonyl (C=O) groups excluding carboxylic acids is 1. The number of nitriles is 1. The molecule has 0 aliphatic carbocycles. The van der Waals surface area contributed by atoms with E-state index in [0.717, 1.165) is 0 Å². The number of para-hydroxylation sites is 1. The van der Waals surface area contributed by atoms with Crippen molar-refractivity contribution in [3.63, 3.8) is 0 Å². The van der Waals surface area contributed by atoms with Crippen molar-refractivity contribution in [3.8, 4) is 6.07 Å². The predicted octanol–water partition coefficient (Wildman–Crippen LogP) is 2.24. The van der Waals surface area contributed by atoms with Gasteiger partial charge in [0.1, 0.15) is 5.82 Å². The van der Waals surface area contributed by atoms with Crippen molar-refractivity contribution in [1.82, 2.24) is 4.90 Å². The third kappa shape index (κ3) is 3.20. The molecule has 4 nitrogen and oxygen atoms in total. The molecule has 18 heavy (non-hydrogen) atoms. The second-order valence-corrected chi connectivity index (χ2v) is 3.83. The van der Waals surface area contributed by atoms with E-state index in [0.29, 0.717) is 13.1 Å². The molecule has 0 saturated carbocycles. The van der Waals surface area contributed by atoms with E-state index in [2.05, 4.69) is 5.32 Å². The molecule has 1 amide bonds. The smallest absolute Gasteiger partial charge is 0.255 e. The van der Waals surface area contributed by atoms with E-state index in [1.807, 2.05) is 13.0 Å². The van der Waals surface area contributed by atoms with Crippen LogP contribution in [-0.2, 0) is 0 Å². The molecular formula is C13H16FN3O. The highest BCUT2D eigenvalue weighted by atomic mass is 19.1. The van der Waals surface area contributed by atoms with Crippen molar-refractivity contribution >= 4 is 11.6 Å². The quantitative estimate of drug-likeness (QED) is 0.870. The number of nitrogens with zero attached hydrogens (tertiary/aromatic N) is 2. The SMILES string of the molecule is CCNc1c(F)cccc1C(=O)N(C)CCC#N. The van der Waals surface area contributed by atoms with Gasteiger partial charge in [-0.25, -0.2) is 4.39 Å². The van der Waals surface area contributed by atoms with Crippen molar-refractivity contribution < 1.29 is 9.18 Å². The van der Waals surface area contributed by atoms with Crippen molar-refractivity contribution in [2.45, 2.75) is 13.3 Å². The highest BCUT2D eigenvalue weighted by molar-refractivity contribution is 5.99. The Bertz CT molecular complexity index is 468. The van der Waals surface area contributed by atoms with Crippen LogP contribution in [0.5, 0.6) is 0 Å². The van der Waals surface area contributed by atoms with Gasteiger partial charge in [-0.05, 0) is 19.1 Å². The minimum absolute atomic E-state index is 0.216. The summed E-state index contributed by atoms with van der Waals surface area (Å²) in [5.41, 5.74) is 0.506. The van der Waals surface area contributed by atoms with Gasteiger partial charge in [0.15, 0.2) is 0 Å². The van der Waals surface area contributed by atoms with Gasteiger partial charge in [-0.2, -0.15) is 5.26 Å². The Morgan fingerprint density at radius 2 is 2.28 bits per heavy atom. The van der Waals surface area contributed by atoms with Gasteiger partial charge >= 0.3 is 0 Å². The molecule has 0 aromatic heterocycles. The number of anilines is 1. The normalized spacial score (nSPS) is 9.67. The van der Waals surface area contributed by atoms with E-state index in [1.54, 1.807) is 13.1 Å². The molecule has 1 aromatic carbocycles. The van der Waals surface area contributed by atoms with E-state index in [4.69, 9.17) is 5.26 Å². The third-order valence-electron chi connectivity index (χ3n) is 2.50. The number of benzene rings is 1. The fourth-order valence-electron chi connectivity index (χ4n) is 1.58. The molecular weight excluding hydrogens is 233 g/mol. The fourth-order valence-corrected chi connectivity index (χ4v) is 1.58. The van der Waals surface area contributed by atoms with Crippen molar-refractivity contribution in [2.75, 3.05) is 25.5 Å². The highest BCUT2D eigenvalue weighted by Crippen LogP contribution is 2.21. The molecule has 0 heterocycles. The molecule has 0 aliphatic rings. The molecule has 0 bridgehead atoms. The van der Waals surface area contributed by atoms with Crippen LogP contribution in [0.3, 0.4) is 0 Å². The number of amides is 1. The van der Waals surface area contributed by atoms with Crippen LogP contribution in [0.25, 0.3) is 0 Å². The average molecular weight is 249 g/mol. The summed E-state index contributed by atoms with van der Waals surface area (Å²) in [5.74, 6) is -0.739. The lowest BCUT2D eigenvalue weighted by Crippen LogP contribution is -2.28. The van der Waals surface area contributed by atoms with Gasteiger partial charge in [-0.15, -0.1) is 0 Å². The zero-order valence-corrected chi connectivity index (χ0v) is 10.5. The van der Waals surface area contributed by atoms with Crippen LogP contribution in [0.1, 0.15) is 23.7 Å². The molecule has 1 aromatic rings. The second-order valence-electron chi connectivity index (χ2n) is 3.83. The molecule has 1 N–H and O–H groups in total. The van der Waals surface area contributed by atoms with Crippen molar-refractivity contribution in [1.29, 1.82) is 5.26 Å². The van der Waals surface area contributed by atoms with Crippen molar-refractivity contribution in [3.05, 3.63) is 29.6 Å². The van der Waals surface area contributed by atoms with Gasteiger partial charge in [0.05, 0.1) is 23.7 Å². The Morgan fingerprint density at radius 3 is 2.89 bits per heavy atom. The van der Waals surface area contributed by atoms with Gasteiger partial charge in [0.25, 0.3) is 5.91 Å². The molecule has 5 heteroatoms. The van der Waals surface area contributed by atoms with Crippen LogP contribution in [0.4, 0.5) is 10.1 Å². The summed E-state index contributed by atoms with van der Waals surface area (Å²) in [6, 6.07) is 6.36. The predicted molar refractivity (Wildman–Crippen MR) is 67.8 cm³/mol. The Morgan fingerprint density at radius 1 is 1.56 bits per heavy atom. The molecule has 0 saturated heterocycles. The summed E-state index contributed by atoms with van der Waals surface area (Å²) in [6.07, 6.45) is 0.258. The summed E-state index contributed by atoms with van der Waals surface area (Å²) in [5, 5.41) is 11.3. The molecule has 0 atom stereocenters. The first kappa shape index (κ1) is 14.0. The molecule has 96 valence electrons.